The lowest BCUT2D eigenvalue weighted by molar-refractivity contribution is 1.14. The van der Waals surface area contributed by atoms with Gasteiger partial charge in [-0.3, -0.25) is 0 Å². The molecule has 6 aromatic carbocycles. The van der Waals surface area contributed by atoms with Crippen molar-refractivity contribution >= 4 is 32.7 Å². The Bertz CT molecular complexity index is 2120. The zero-order valence-electron chi connectivity index (χ0n) is 21.9. The molecule has 0 unspecified atom stereocenters. The van der Waals surface area contributed by atoms with Crippen LogP contribution in [0.5, 0.6) is 0 Å². The Hall–Kier alpha value is -5.34. The maximum Gasteiger partial charge on any atom is 0.0619 e. The van der Waals surface area contributed by atoms with Crippen molar-refractivity contribution in [2.75, 3.05) is 0 Å². The first-order chi connectivity index (χ1) is 19.9. The standard InChI is InChI=1S/C38H26N2/c1-5-15-27(16-6-1)37-33-26-35-32(31-23-13-14-24-34(31)39(35)29-19-9-3-10-20-29)25-36(33)40(30-21-11-4-12-22-30)38(37)28-17-7-2-8-18-28/h1-26H. The monoisotopic (exact) mass is 510 g/mol. The second-order valence-corrected chi connectivity index (χ2v) is 10.2. The average molecular weight is 511 g/mol. The molecule has 0 N–H and O–H groups in total. The van der Waals surface area contributed by atoms with Gasteiger partial charge < -0.3 is 9.13 Å². The molecule has 0 amide bonds. The van der Waals surface area contributed by atoms with Gasteiger partial charge in [0.15, 0.2) is 0 Å². The summed E-state index contributed by atoms with van der Waals surface area (Å²) in [7, 11) is 0. The van der Waals surface area contributed by atoms with Crippen molar-refractivity contribution in [3.8, 4) is 33.8 Å². The maximum atomic E-state index is 2.45. The molecule has 0 aliphatic rings. The Morgan fingerprint density at radius 3 is 1.45 bits per heavy atom. The molecule has 188 valence electrons. The molecule has 0 saturated carbocycles. The molecule has 0 fully saturated rings. The number of hydrogen-bond donors (Lipinski definition) is 0. The van der Waals surface area contributed by atoms with Gasteiger partial charge in [0.1, 0.15) is 0 Å². The molecule has 2 nitrogen and oxygen atoms in total. The number of benzene rings is 6. The van der Waals surface area contributed by atoms with Gasteiger partial charge >= 0.3 is 0 Å². The molecule has 0 spiro atoms. The van der Waals surface area contributed by atoms with Crippen LogP contribution in [0.25, 0.3) is 66.5 Å². The molecule has 0 aliphatic carbocycles. The van der Waals surface area contributed by atoms with Crippen LogP contribution in [0.1, 0.15) is 0 Å². The number of rotatable bonds is 4. The molecule has 0 saturated heterocycles. The van der Waals surface area contributed by atoms with Gasteiger partial charge in [0.25, 0.3) is 0 Å². The molecule has 2 heterocycles. The van der Waals surface area contributed by atoms with Crippen LogP contribution in [0.15, 0.2) is 158 Å². The first-order valence-electron chi connectivity index (χ1n) is 13.7. The van der Waals surface area contributed by atoms with E-state index in [1.165, 1.54) is 60.8 Å². The molecule has 2 aromatic heterocycles. The molecule has 0 atom stereocenters. The molecule has 0 bridgehead atoms. The first-order valence-corrected chi connectivity index (χ1v) is 13.7. The van der Waals surface area contributed by atoms with E-state index in [1.54, 1.807) is 0 Å². The summed E-state index contributed by atoms with van der Waals surface area (Å²) in [6.07, 6.45) is 0. The van der Waals surface area contributed by atoms with E-state index in [2.05, 4.69) is 167 Å². The van der Waals surface area contributed by atoms with Gasteiger partial charge in [-0.25, -0.2) is 0 Å². The highest BCUT2D eigenvalue weighted by molar-refractivity contribution is 6.17. The molecule has 0 aliphatic heterocycles. The number of fused-ring (bicyclic) bond motifs is 4. The van der Waals surface area contributed by atoms with E-state index in [0.29, 0.717) is 0 Å². The van der Waals surface area contributed by atoms with Crippen molar-refractivity contribution in [3.63, 3.8) is 0 Å². The summed E-state index contributed by atoms with van der Waals surface area (Å²) in [6, 6.07) is 56.6. The van der Waals surface area contributed by atoms with Gasteiger partial charge in [-0.05, 0) is 53.6 Å². The summed E-state index contributed by atoms with van der Waals surface area (Å²) in [6.45, 7) is 0. The van der Waals surface area contributed by atoms with Crippen LogP contribution in [0.2, 0.25) is 0 Å². The van der Waals surface area contributed by atoms with E-state index in [-0.39, 0.29) is 0 Å². The predicted molar refractivity (Wildman–Crippen MR) is 168 cm³/mol. The van der Waals surface area contributed by atoms with E-state index in [0.717, 1.165) is 5.69 Å². The van der Waals surface area contributed by atoms with Gasteiger partial charge in [-0.2, -0.15) is 0 Å². The minimum Gasteiger partial charge on any atom is -0.309 e. The molecular weight excluding hydrogens is 484 g/mol. The van der Waals surface area contributed by atoms with E-state index in [4.69, 9.17) is 0 Å². The van der Waals surface area contributed by atoms with Crippen LogP contribution < -0.4 is 0 Å². The highest BCUT2D eigenvalue weighted by Gasteiger charge is 2.23. The second-order valence-electron chi connectivity index (χ2n) is 10.2. The lowest BCUT2D eigenvalue weighted by Gasteiger charge is -2.13. The maximum absolute atomic E-state index is 2.45. The Labute approximate surface area is 233 Å². The van der Waals surface area contributed by atoms with Crippen molar-refractivity contribution < 1.29 is 0 Å². The largest absolute Gasteiger partial charge is 0.309 e. The van der Waals surface area contributed by atoms with Crippen molar-refractivity contribution in [1.82, 2.24) is 9.13 Å². The summed E-state index contributed by atoms with van der Waals surface area (Å²) in [5.74, 6) is 0. The topological polar surface area (TPSA) is 9.86 Å². The van der Waals surface area contributed by atoms with Crippen LogP contribution in [0.3, 0.4) is 0 Å². The van der Waals surface area contributed by atoms with Gasteiger partial charge in [0.05, 0.1) is 22.2 Å². The summed E-state index contributed by atoms with van der Waals surface area (Å²) in [4.78, 5) is 0. The number of nitrogens with zero attached hydrogens (tertiary/aromatic N) is 2. The minimum absolute atomic E-state index is 1.15. The average Bonchev–Trinajstić information content (AvgIpc) is 3.54. The zero-order chi connectivity index (χ0) is 26.5. The van der Waals surface area contributed by atoms with Crippen LogP contribution in [-0.2, 0) is 0 Å². The molecule has 0 radical (unpaired) electrons. The third kappa shape index (κ3) is 3.43. The quantitative estimate of drug-likeness (QED) is 0.223. The van der Waals surface area contributed by atoms with Crippen molar-refractivity contribution in [2.24, 2.45) is 0 Å². The van der Waals surface area contributed by atoms with Gasteiger partial charge in [-0.15, -0.1) is 0 Å². The molecule has 2 heteroatoms. The van der Waals surface area contributed by atoms with E-state index in [9.17, 15) is 0 Å². The van der Waals surface area contributed by atoms with Crippen LogP contribution in [0.4, 0.5) is 0 Å². The van der Waals surface area contributed by atoms with Crippen molar-refractivity contribution in [3.05, 3.63) is 158 Å². The fourth-order valence-corrected chi connectivity index (χ4v) is 6.22. The number of aromatic nitrogens is 2. The molecule has 8 rings (SSSR count). The fourth-order valence-electron chi connectivity index (χ4n) is 6.22. The highest BCUT2D eigenvalue weighted by Crippen LogP contribution is 2.45. The summed E-state index contributed by atoms with van der Waals surface area (Å²) in [5.41, 5.74) is 10.8. The molecule has 40 heavy (non-hydrogen) atoms. The van der Waals surface area contributed by atoms with Gasteiger partial charge in [-0.1, -0.05) is 115 Å². The smallest absolute Gasteiger partial charge is 0.0619 e. The first kappa shape index (κ1) is 22.6. The predicted octanol–water partition coefficient (Wildman–Crippen LogP) is 10.1. The third-order valence-electron chi connectivity index (χ3n) is 7.90. The van der Waals surface area contributed by atoms with Gasteiger partial charge in [0, 0.05) is 33.1 Å². The second kappa shape index (κ2) is 9.14. The fraction of sp³-hybridized carbons (Fsp3) is 0. The SMILES string of the molecule is c1ccc(-c2c(-c3ccccc3)n(-c3ccccc3)c3cc4c5ccccc5n(-c5ccccc5)c4cc23)cc1. The van der Waals surface area contributed by atoms with Crippen LogP contribution >= 0.6 is 0 Å². The van der Waals surface area contributed by atoms with E-state index in [1.807, 2.05) is 0 Å². The Morgan fingerprint density at radius 2 is 0.800 bits per heavy atom. The van der Waals surface area contributed by atoms with E-state index < -0.39 is 0 Å². The van der Waals surface area contributed by atoms with Crippen LogP contribution in [0, 0.1) is 0 Å². The Kier molecular flexibility index (Phi) is 5.17. The number of hydrogen-bond acceptors (Lipinski definition) is 0. The molecule has 8 aromatic rings. The highest BCUT2D eigenvalue weighted by atomic mass is 15.0. The third-order valence-corrected chi connectivity index (χ3v) is 7.90. The Morgan fingerprint density at radius 1 is 0.325 bits per heavy atom. The minimum atomic E-state index is 1.15. The lowest BCUT2D eigenvalue weighted by atomic mass is 9.97. The summed E-state index contributed by atoms with van der Waals surface area (Å²) >= 11 is 0. The molecular formula is C38H26N2. The van der Waals surface area contributed by atoms with Crippen molar-refractivity contribution in [2.45, 2.75) is 0 Å². The lowest BCUT2D eigenvalue weighted by Crippen LogP contribution is -1.97. The normalized spacial score (nSPS) is 11.5. The van der Waals surface area contributed by atoms with Crippen molar-refractivity contribution in [1.29, 1.82) is 0 Å². The summed E-state index contributed by atoms with van der Waals surface area (Å²) < 4.78 is 4.85. The van der Waals surface area contributed by atoms with Crippen LogP contribution in [-0.4, -0.2) is 9.13 Å². The number of para-hydroxylation sites is 3. The Balaban J connectivity index is 1.61. The van der Waals surface area contributed by atoms with E-state index >= 15 is 0 Å². The van der Waals surface area contributed by atoms with Gasteiger partial charge in [0.2, 0.25) is 0 Å². The zero-order valence-corrected chi connectivity index (χ0v) is 21.9. The summed E-state index contributed by atoms with van der Waals surface area (Å²) in [5, 5.41) is 3.74.